The zero-order chi connectivity index (χ0) is 16.5. The van der Waals surface area contributed by atoms with Gasteiger partial charge < -0.3 is 15.4 Å². The van der Waals surface area contributed by atoms with Gasteiger partial charge in [-0.1, -0.05) is 11.6 Å². The van der Waals surface area contributed by atoms with Gasteiger partial charge in [-0.05, 0) is 23.8 Å². The van der Waals surface area contributed by atoms with Crippen LogP contribution in [-0.4, -0.2) is 34.2 Å². The van der Waals surface area contributed by atoms with Crippen molar-refractivity contribution >= 4 is 34.4 Å². The zero-order valence-corrected chi connectivity index (χ0v) is 11.6. The van der Waals surface area contributed by atoms with Crippen LogP contribution in [0.4, 0.5) is 13.2 Å². The Morgan fingerprint density at radius 2 is 2.05 bits per heavy atom. The Labute approximate surface area is 127 Å². The third kappa shape index (κ3) is 3.51. The normalized spacial score (nSPS) is 13.1. The van der Waals surface area contributed by atoms with Crippen molar-refractivity contribution < 1.29 is 27.9 Å². The molecule has 118 valence electrons. The highest BCUT2D eigenvalue weighted by Gasteiger charge is 2.40. The fraction of sp³-hybridized carbons (Fsp3) is 0.231. The Balaban J connectivity index is 2.25. The lowest BCUT2D eigenvalue weighted by molar-refractivity contribution is -0.175. The minimum atomic E-state index is -5.14. The molecule has 2 rings (SSSR count). The van der Waals surface area contributed by atoms with Crippen molar-refractivity contribution in [2.24, 2.45) is 0 Å². The Bertz CT molecular complexity index is 727. The van der Waals surface area contributed by atoms with E-state index in [0.29, 0.717) is 21.5 Å². The maximum Gasteiger partial charge on any atom is 0.471 e. The second kappa shape index (κ2) is 5.88. The van der Waals surface area contributed by atoms with E-state index in [0.717, 1.165) is 0 Å². The third-order valence-corrected chi connectivity index (χ3v) is 3.25. The highest BCUT2D eigenvalue weighted by molar-refractivity contribution is 6.31. The molecule has 0 spiro atoms. The standard InChI is InChI=1S/C13H10ClF3N2O3/c14-7-1-2-9-8(4-7)6(5-18-9)3-10(11(20)21)19-12(22)13(15,16)17/h1-2,4-5,10,18H,3H2,(H,19,22)(H,20,21)/t10-/m0/s1. The van der Waals surface area contributed by atoms with Crippen LogP contribution in [0.25, 0.3) is 10.9 Å². The molecule has 22 heavy (non-hydrogen) atoms. The number of amides is 1. The number of halogens is 4. The van der Waals surface area contributed by atoms with Gasteiger partial charge in [-0.2, -0.15) is 13.2 Å². The van der Waals surface area contributed by atoms with E-state index < -0.39 is 24.1 Å². The van der Waals surface area contributed by atoms with Gasteiger partial charge in [0.25, 0.3) is 0 Å². The summed E-state index contributed by atoms with van der Waals surface area (Å²) in [7, 11) is 0. The van der Waals surface area contributed by atoms with Crippen LogP contribution < -0.4 is 5.32 Å². The Hall–Kier alpha value is -2.22. The molecule has 5 nitrogen and oxygen atoms in total. The summed E-state index contributed by atoms with van der Waals surface area (Å²) in [5, 5.41) is 11.4. The number of fused-ring (bicyclic) bond motifs is 1. The first-order valence-electron chi connectivity index (χ1n) is 6.04. The van der Waals surface area contributed by atoms with Crippen molar-refractivity contribution in [3.05, 3.63) is 35.0 Å². The Kier molecular flexibility index (Phi) is 4.32. The molecule has 0 unspecified atom stereocenters. The molecule has 0 fully saturated rings. The molecule has 1 amide bonds. The van der Waals surface area contributed by atoms with Crippen molar-refractivity contribution in [3.8, 4) is 0 Å². The third-order valence-electron chi connectivity index (χ3n) is 3.01. The number of hydrogen-bond acceptors (Lipinski definition) is 2. The number of aromatic amines is 1. The van der Waals surface area contributed by atoms with Crippen LogP contribution in [0.3, 0.4) is 0 Å². The van der Waals surface area contributed by atoms with Gasteiger partial charge in [0.15, 0.2) is 0 Å². The summed E-state index contributed by atoms with van der Waals surface area (Å²) in [4.78, 5) is 24.8. The van der Waals surface area contributed by atoms with E-state index in [1.807, 2.05) is 0 Å². The number of carboxylic acid groups (broad SMARTS) is 1. The minimum absolute atomic E-state index is 0.308. The monoisotopic (exact) mass is 334 g/mol. The highest BCUT2D eigenvalue weighted by Crippen LogP contribution is 2.24. The zero-order valence-electron chi connectivity index (χ0n) is 10.9. The highest BCUT2D eigenvalue weighted by atomic mass is 35.5. The fourth-order valence-electron chi connectivity index (χ4n) is 1.98. The molecule has 0 aliphatic heterocycles. The number of nitrogens with one attached hydrogen (secondary N) is 2. The predicted octanol–water partition coefficient (Wildman–Crippen LogP) is 2.50. The number of carbonyl (C=O) groups is 2. The van der Waals surface area contributed by atoms with Gasteiger partial charge in [0.1, 0.15) is 6.04 Å². The molecule has 9 heteroatoms. The molecule has 1 aromatic heterocycles. The molecule has 0 aliphatic rings. The van der Waals surface area contributed by atoms with E-state index in [9.17, 15) is 22.8 Å². The lowest BCUT2D eigenvalue weighted by atomic mass is 10.0. The Morgan fingerprint density at radius 1 is 1.36 bits per heavy atom. The van der Waals surface area contributed by atoms with Crippen molar-refractivity contribution in [1.29, 1.82) is 0 Å². The number of aliphatic carboxylic acids is 1. The van der Waals surface area contributed by atoms with E-state index in [2.05, 4.69) is 4.98 Å². The van der Waals surface area contributed by atoms with Crippen LogP contribution in [-0.2, 0) is 16.0 Å². The van der Waals surface area contributed by atoms with Crippen LogP contribution in [0.2, 0.25) is 5.02 Å². The summed E-state index contributed by atoms with van der Waals surface area (Å²) in [6, 6.07) is 3.13. The van der Waals surface area contributed by atoms with Gasteiger partial charge >= 0.3 is 18.1 Å². The van der Waals surface area contributed by atoms with Crippen LogP contribution in [0, 0.1) is 0 Å². The fourth-order valence-corrected chi connectivity index (χ4v) is 2.15. The average molecular weight is 335 g/mol. The molecule has 0 aliphatic carbocycles. The number of carboxylic acids is 1. The SMILES string of the molecule is O=C(O)[C@H](Cc1c[nH]c2ccc(Cl)cc12)NC(=O)C(F)(F)F. The number of rotatable bonds is 4. The number of hydrogen-bond donors (Lipinski definition) is 3. The maximum atomic E-state index is 12.2. The van der Waals surface area contributed by atoms with Gasteiger partial charge in [-0.3, -0.25) is 4.79 Å². The first-order chi connectivity index (χ1) is 10.2. The lowest BCUT2D eigenvalue weighted by Gasteiger charge is -2.15. The van der Waals surface area contributed by atoms with Crippen LogP contribution in [0.5, 0.6) is 0 Å². The minimum Gasteiger partial charge on any atom is -0.480 e. The van der Waals surface area contributed by atoms with Gasteiger partial charge in [0.2, 0.25) is 0 Å². The van der Waals surface area contributed by atoms with Crippen LogP contribution >= 0.6 is 11.6 Å². The summed E-state index contributed by atoms with van der Waals surface area (Å²) in [5.74, 6) is -3.85. The van der Waals surface area contributed by atoms with E-state index in [1.54, 1.807) is 18.2 Å². The van der Waals surface area contributed by atoms with Gasteiger partial charge in [0.05, 0.1) is 0 Å². The number of H-pyrrole nitrogens is 1. The summed E-state index contributed by atoms with van der Waals surface area (Å²) in [6.07, 6.45) is -3.98. The topological polar surface area (TPSA) is 82.2 Å². The van der Waals surface area contributed by atoms with Gasteiger partial charge in [-0.25, -0.2) is 4.79 Å². The molecule has 3 N–H and O–H groups in total. The predicted molar refractivity (Wildman–Crippen MR) is 72.6 cm³/mol. The summed E-state index contributed by atoms with van der Waals surface area (Å²) in [6.45, 7) is 0. The first kappa shape index (κ1) is 16.2. The molecule has 0 radical (unpaired) electrons. The average Bonchev–Trinajstić information content (AvgIpc) is 2.79. The Morgan fingerprint density at radius 3 is 2.64 bits per heavy atom. The molecule has 0 bridgehead atoms. The summed E-state index contributed by atoms with van der Waals surface area (Å²) < 4.78 is 36.7. The van der Waals surface area contributed by atoms with Crippen molar-refractivity contribution in [2.45, 2.75) is 18.6 Å². The number of alkyl halides is 3. The largest absolute Gasteiger partial charge is 0.480 e. The molecule has 0 saturated heterocycles. The smallest absolute Gasteiger partial charge is 0.471 e. The number of aromatic nitrogens is 1. The molecular weight excluding hydrogens is 325 g/mol. The van der Waals surface area contributed by atoms with Gasteiger partial charge in [0, 0.05) is 28.5 Å². The van der Waals surface area contributed by atoms with E-state index in [-0.39, 0.29) is 6.42 Å². The molecule has 1 atom stereocenters. The second-order valence-electron chi connectivity index (χ2n) is 4.57. The van der Waals surface area contributed by atoms with Crippen LogP contribution in [0.15, 0.2) is 24.4 Å². The van der Waals surface area contributed by atoms with Crippen LogP contribution in [0.1, 0.15) is 5.56 Å². The van der Waals surface area contributed by atoms with Crippen molar-refractivity contribution in [3.63, 3.8) is 0 Å². The lowest BCUT2D eigenvalue weighted by Crippen LogP contribution is -2.47. The summed E-state index contributed by atoms with van der Waals surface area (Å²) in [5.41, 5.74) is 1.10. The number of benzene rings is 1. The first-order valence-corrected chi connectivity index (χ1v) is 6.42. The van der Waals surface area contributed by atoms with E-state index in [1.165, 1.54) is 11.5 Å². The van der Waals surface area contributed by atoms with E-state index >= 15 is 0 Å². The quantitative estimate of drug-likeness (QED) is 0.803. The molecule has 2 aromatic rings. The van der Waals surface area contributed by atoms with Crippen molar-refractivity contribution in [1.82, 2.24) is 10.3 Å². The summed E-state index contributed by atoms with van der Waals surface area (Å²) >= 11 is 5.84. The van der Waals surface area contributed by atoms with Gasteiger partial charge in [-0.15, -0.1) is 0 Å². The van der Waals surface area contributed by atoms with E-state index in [4.69, 9.17) is 16.7 Å². The molecule has 1 aromatic carbocycles. The molecule has 0 saturated carbocycles. The molecular formula is C13H10ClF3N2O3. The number of carbonyl (C=O) groups excluding carboxylic acids is 1. The maximum absolute atomic E-state index is 12.2. The van der Waals surface area contributed by atoms with Crippen molar-refractivity contribution in [2.75, 3.05) is 0 Å². The molecule has 1 heterocycles. The second-order valence-corrected chi connectivity index (χ2v) is 5.01.